The summed E-state index contributed by atoms with van der Waals surface area (Å²) in [4.78, 5) is 70.7. The zero-order chi connectivity index (χ0) is 48.2. The molecule has 17 heteroatoms. The fourth-order valence-corrected chi connectivity index (χ4v) is 10.7. The molecule has 2 saturated heterocycles. The first-order chi connectivity index (χ1) is 33.3. The maximum atomic E-state index is 14.0. The van der Waals surface area contributed by atoms with Crippen LogP contribution in [0.5, 0.6) is 11.5 Å². The number of piperazine rings is 1. The Kier molecular flexibility index (Phi) is 12.1. The largest absolute Gasteiger partial charge is 0.493 e. The van der Waals surface area contributed by atoms with Crippen molar-refractivity contribution in [3.05, 3.63) is 118 Å². The van der Waals surface area contributed by atoms with Gasteiger partial charge < -0.3 is 24.0 Å². The molecule has 3 aliphatic rings. The number of piperidine rings is 1. The Labute approximate surface area is 400 Å². The van der Waals surface area contributed by atoms with E-state index < -0.39 is 17.9 Å². The van der Waals surface area contributed by atoms with Crippen LogP contribution in [0, 0.1) is 19.7 Å². The van der Waals surface area contributed by atoms with Crippen molar-refractivity contribution in [2.24, 2.45) is 7.05 Å². The fourth-order valence-electron chi connectivity index (χ4n) is 10.4. The molecule has 0 spiro atoms. The summed E-state index contributed by atoms with van der Waals surface area (Å²) in [5.74, 6) is -1.75. The second-order valence-corrected chi connectivity index (χ2v) is 18.2. The molecule has 1 atom stereocenters. The molecule has 2 aromatic heterocycles. The Bertz CT molecular complexity index is 3280. The number of hydrogen-bond acceptors (Lipinski definition) is 9. The van der Waals surface area contributed by atoms with Gasteiger partial charge in [-0.1, -0.05) is 41.9 Å². The number of benzene rings is 5. The maximum Gasteiger partial charge on any atom is 0.352 e. The molecule has 0 bridgehead atoms. The second kappa shape index (κ2) is 18.3. The number of anilines is 1. The molecule has 0 radical (unpaired) electrons. The molecular formula is C52H49ClFN7O8. The third-order valence-electron chi connectivity index (χ3n) is 13.8. The Morgan fingerprint density at radius 2 is 1.65 bits per heavy atom. The number of hydrogen-bond donors (Lipinski definition) is 2. The molecule has 15 nitrogen and oxygen atoms in total. The summed E-state index contributed by atoms with van der Waals surface area (Å²) in [5.41, 5.74) is 5.77. The monoisotopic (exact) mass is 953 g/mol. The SMILES string of the molecule is Cc1nn(C)c(C)c1-c1c(Cl)ccc2c(CCCOc3cccc4cc(F)ccc34)c(C(=O)O)n(CCN3CCN(C(=O)COc4ccc5c6c(cccc46)C(=O)N5C4CCC(=O)NC4=O)CC3)c12. The number of imide groups is 1. The van der Waals surface area contributed by atoms with E-state index in [9.17, 15) is 33.5 Å². The number of carbonyl (C=O) groups excluding carboxylic acids is 4. The van der Waals surface area contributed by atoms with Crippen LogP contribution >= 0.6 is 11.6 Å². The first-order valence-corrected chi connectivity index (χ1v) is 23.4. The normalized spacial score (nSPS) is 16.3. The number of rotatable bonds is 14. The first kappa shape index (κ1) is 45.5. The van der Waals surface area contributed by atoms with Gasteiger partial charge in [0.1, 0.15) is 29.1 Å². The highest BCUT2D eigenvalue weighted by Crippen LogP contribution is 2.44. The van der Waals surface area contributed by atoms with E-state index in [1.807, 2.05) is 61.9 Å². The van der Waals surface area contributed by atoms with Gasteiger partial charge in [0.25, 0.3) is 11.8 Å². The summed E-state index contributed by atoms with van der Waals surface area (Å²) in [6.45, 7) is 6.75. The minimum atomic E-state index is -1.06. The number of carbonyl (C=O) groups is 5. The number of nitrogens with one attached hydrogen (secondary N) is 1. The molecule has 3 aliphatic heterocycles. The van der Waals surface area contributed by atoms with Crippen molar-refractivity contribution >= 4 is 79.3 Å². The quantitative estimate of drug-likeness (QED) is 0.0825. The molecule has 7 aromatic rings. The molecule has 4 amide bonds. The van der Waals surface area contributed by atoms with Gasteiger partial charge in [0.15, 0.2) is 6.61 Å². The fraction of sp³-hybridized carbons (Fsp3) is 0.308. The highest BCUT2D eigenvalue weighted by Gasteiger charge is 2.41. The van der Waals surface area contributed by atoms with Crippen molar-refractivity contribution in [1.82, 2.24) is 29.5 Å². The Hall–Kier alpha value is -7.30. The van der Waals surface area contributed by atoms with Gasteiger partial charge in [-0.15, -0.1) is 0 Å². The maximum absolute atomic E-state index is 14.0. The molecular weight excluding hydrogens is 905 g/mol. The van der Waals surface area contributed by atoms with Gasteiger partial charge in [-0.25, -0.2) is 9.18 Å². The van der Waals surface area contributed by atoms with E-state index in [1.54, 1.807) is 39.9 Å². The third-order valence-corrected chi connectivity index (χ3v) is 14.1. The van der Waals surface area contributed by atoms with Gasteiger partial charge in [-0.05, 0) is 92.6 Å². The minimum Gasteiger partial charge on any atom is -0.493 e. The van der Waals surface area contributed by atoms with Crippen molar-refractivity contribution in [3.8, 4) is 22.6 Å². The third kappa shape index (κ3) is 8.20. The zero-order valence-corrected chi connectivity index (χ0v) is 39.1. The lowest BCUT2D eigenvalue weighted by Crippen LogP contribution is -2.53. The van der Waals surface area contributed by atoms with Crippen LogP contribution in [-0.2, 0) is 34.4 Å². The molecule has 10 rings (SSSR count). The summed E-state index contributed by atoms with van der Waals surface area (Å²) in [5, 5.41) is 22.0. The van der Waals surface area contributed by atoms with Crippen molar-refractivity contribution in [1.29, 1.82) is 0 Å². The van der Waals surface area contributed by atoms with Crippen LogP contribution in [0.15, 0.2) is 78.9 Å². The molecule has 2 N–H and O–H groups in total. The number of aromatic nitrogens is 3. The number of ether oxygens (including phenoxy) is 2. The van der Waals surface area contributed by atoms with Crippen LogP contribution in [-0.4, -0.2) is 111 Å². The van der Waals surface area contributed by atoms with Gasteiger partial charge >= 0.3 is 5.97 Å². The van der Waals surface area contributed by atoms with E-state index in [-0.39, 0.29) is 48.7 Å². The minimum absolute atomic E-state index is 0.134. The van der Waals surface area contributed by atoms with Crippen LogP contribution in [0.4, 0.5) is 10.1 Å². The van der Waals surface area contributed by atoms with Crippen LogP contribution in [0.3, 0.4) is 0 Å². The first-order valence-electron chi connectivity index (χ1n) is 23.0. The van der Waals surface area contributed by atoms with Gasteiger partial charge in [0.2, 0.25) is 11.8 Å². The summed E-state index contributed by atoms with van der Waals surface area (Å²) >= 11 is 7.07. The topological polar surface area (TPSA) is 169 Å². The molecule has 5 heterocycles. The highest BCUT2D eigenvalue weighted by molar-refractivity contribution is 6.35. The predicted octanol–water partition coefficient (Wildman–Crippen LogP) is 7.46. The summed E-state index contributed by atoms with van der Waals surface area (Å²) in [7, 11) is 1.87. The van der Waals surface area contributed by atoms with Gasteiger partial charge in [0.05, 0.1) is 28.5 Å². The Balaban J connectivity index is 0.844. The average molecular weight is 954 g/mol. The number of carboxylic acid groups (broad SMARTS) is 1. The Morgan fingerprint density at radius 1 is 0.884 bits per heavy atom. The van der Waals surface area contributed by atoms with Crippen LogP contribution in [0.25, 0.3) is 43.6 Å². The lowest BCUT2D eigenvalue weighted by molar-refractivity contribution is -0.135. The highest BCUT2D eigenvalue weighted by atomic mass is 35.5. The number of nitrogens with zero attached hydrogens (tertiary/aromatic N) is 6. The predicted molar refractivity (Wildman–Crippen MR) is 259 cm³/mol. The van der Waals surface area contributed by atoms with Crippen LogP contribution in [0.2, 0.25) is 5.02 Å². The molecule has 5 aromatic carbocycles. The molecule has 0 aliphatic carbocycles. The molecule has 1 unspecified atom stereocenters. The molecule has 69 heavy (non-hydrogen) atoms. The number of carboxylic acids is 1. The van der Waals surface area contributed by atoms with Gasteiger partial charge in [0, 0.05) is 96.7 Å². The zero-order valence-electron chi connectivity index (χ0n) is 38.3. The van der Waals surface area contributed by atoms with E-state index in [0.29, 0.717) is 108 Å². The van der Waals surface area contributed by atoms with E-state index in [2.05, 4.69) is 15.3 Å². The molecule has 354 valence electrons. The van der Waals surface area contributed by atoms with E-state index in [4.69, 9.17) is 21.1 Å². The van der Waals surface area contributed by atoms with E-state index in [1.165, 1.54) is 17.0 Å². The average Bonchev–Trinajstić information content (AvgIpc) is 3.90. The molecule has 0 saturated carbocycles. The lowest BCUT2D eigenvalue weighted by atomic mass is 9.98. The van der Waals surface area contributed by atoms with Gasteiger partial charge in [-0.2, -0.15) is 5.10 Å². The van der Waals surface area contributed by atoms with E-state index in [0.717, 1.165) is 38.7 Å². The molecule has 2 fully saturated rings. The number of aromatic carboxylic acids is 1. The van der Waals surface area contributed by atoms with Crippen molar-refractivity contribution in [2.75, 3.05) is 50.8 Å². The van der Waals surface area contributed by atoms with Crippen LogP contribution in [0.1, 0.15) is 57.1 Å². The van der Waals surface area contributed by atoms with Gasteiger partial charge in [-0.3, -0.25) is 39.0 Å². The summed E-state index contributed by atoms with van der Waals surface area (Å²) in [6.07, 6.45) is 1.26. The van der Waals surface area contributed by atoms with Crippen molar-refractivity contribution < 1.29 is 42.9 Å². The number of aryl methyl sites for hydroxylation is 3. The smallest absolute Gasteiger partial charge is 0.352 e. The summed E-state index contributed by atoms with van der Waals surface area (Å²) < 4.78 is 30.0. The standard InChI is InChI=1S/C52H49ClFN7O8/c1-29-45(30(2)57(3)56-29)47-38(53)15-14-35-34(10-6-26-68-41-11-4-7-31-27-32(54)12-13-33(31)41)49(52(66)67)60(48(35)47)25-22-58-20-23-59(24-21-58)44(63)28-69-42-18-16-39-46-36(42)8-5-9-37(46)51(65)61(39)40-17-19-43(62)55-50(40)64/h4-5,7-9,11-16,18,27,40H,6,10,17,19-26,28H2,1-3H3,(H,66,67)(H,55,62,64). The number of halogens is 2. The van der Waals surface area contributed by atoms with E-state index >= 15 is 0 Å². The number of fused-ring (bicyclic) bond motifs is 2. The lowest BCUT2D eigenvalue weighted by Gasteiger charge is -2.35. The Morgan fingerprint density at radius 3 is 2.41 bits per heavy atom. The summed E-state index contributed by atoms with van der Waals surface area (Å²) in [6, 6.07) is 21.6. The van der Waals surface area contributed by atoms with Crippen LogP contribution < -0.4 is 19.7 Å². The number of amides is 4. The van der Waals surface area contributed by atoms with Crippen molar-refractivity contribution in [2.45, 2.75) is 52.1 Å². The van der Waals surface area contributed by atoms with Crippen molar-refractivity contribution in [3.63, 3.8) is 0 Å². The second-order valence-electron chi connectivity index (χ2n) is 17.8.